The zero-order valence-corrected chi connectivity index (χ0v) is 9.89. The van der Waals surface area contributed by atoms with Gasteiger partial charge in [0.05, 0.1) is 0 Å². The molecule has 0 aliphatic heterocycles. The molecule has 0 saturated carbocycles. The SMILES string of the molecule is Cc1cc(C(C)C)c(N)c(C(C)C)c1. The van der Waals surface area contributed by atoms with Crippen molar-refractivity contribution in [2.75, 3.05) is 5.73 Å². The first-order valence-corrected chi connectivity index (χ1v) is 5.33. The van der Waals surface area contributed by atoms with Crippen LogP contribution in [-0.2, 0) is 0 Å². The first kappa shape index (κ1) is 11.1. The Labute approximate surface area is 87.3 Å². The molecular formula is C13H21N. The molecule has 1 nitrogen and oxygen atoms in total. The lowest BCUT2D eigenvalue weighted by Crippen LogP contribution is -2.03. The van der Waals surface area contributed by atoms with Gasteiger partial charge < -0.3 is 5.73 Å². The summed E-state index contributed by atoms with van der Waals surface area (Å²) in [5, 5.41) is 0. The maximum Gasteiger partial charge on any atom is 0.0384 e. The van der Waals surface area contributed by atoms with Gasteiger partial charge in [-0.2, -0.15) is 0 Å². The van der Waals surface area contributed by atoms with Crippen LogP contribution in [0.4, 0.5) is 5.69 Å². The van der Waals surface area contributed by atoms with Crippen LogP contribution < -0.4 is 5.73 Å². The number of benzene rings is 1. The van der Waals surface area contributed by atoms with Gasteiger partial charge in [-0.3, -0.25) is 0 Å². The van der Waals surface area contributed by atoms with Gasteiger partial charge in [0.1, 0.15) is 0 Å². The van der Waals surface area contributed by atoms with Crippen LogP contribution in [0.3, 0.4) is 0 Å². The van der Waals surface area contributed by atoms with Crippen molar-refractivity contribution in [1.82, 2.24) is 0 Å². The molecule has 0 radical (unpaired) electrons. The van der Waals surface area contributed by atoms with Crippen molar-refractivity contribution in [2.24, 2.45) is 0 Å². The number of nitrogen functional groups attached to an aromatic ring is 1. The summed E-state index contributed by atoms with van der Waals surface area (Å²) in [4.78, 5) is 0. The molecule has 2 N–H and O–H groups in total. The molecule has 14 heavy (non-hydrogen) atoms. The average molecular weight is 191 g/mol. The van der Waals surface area contributed by atoms with Gasteiger partial charge in [-0.15, -0.1) is 0 Å². The standard InChI is InChI=1S/C13H21N/c1-8(2)11-6-10(5)7-12(9(3)4)13(11)14/h6-9H,14H2,1-5H3. The highest BCUT2D eigenvalue weighted by molar-refractivity contribution is 5.57. The molecule has 0 aliphatic rings. The maximum atomic E-state index is 6.15. The highest BCUT2D eigenvalue weighted by Gasteiger charge is 2.11. The van der Waals surface area contributed by atoms with Crippen molar-refractivity contribution < 1.29 is 0 Å². The monoisotopic (exact) mass is 191 g/mol. The molecule has 0 heterocycles. The molecule has 0 aliphatic carbocycles. The Balaban J connectivity index is 3.32. The molecule has 0 atom stereocenters. The second kappa shape index (κ2) is 4.04. The van der Waals surface area contributed by atoms with Crippen molar-refractivity contribution in [2.45, 2.75) is 46.5 Å². The summed E-state index contributed by atoms with van der Waals surface area (Å²) in [6.45, 7) is 10.9. The minimum Gasteiger partial charge on any atom is -0.398 e. The Bertz CT molecular complexity index is 295. The normalized spacial score (nSPS) is 11.4. The van der Waals surface area contributed by atoms with E-state index in [4.69, 9.17) is 5.73 Å². The number of anilines is 1. The Morgan fingerprint density at radius 2 is 1.29 bits per heavy atom. The Kier molecular flexibility index (Phi) is 3.20. The molecule has 0 amide bonds. The van der Waals surface area contributed by atoms with Crippen LogP contribution >= 0.6 is 0 Å². The fourth-order valence-corrected chi connectivity index (χ4v) is 1.81. The summed E-state index contributed by atoms with van der Waals surface area (Å²) in [7, 11) is 0. The van der Waals surface area contributed by atoms with Crippen molar-refractivity contribution in [3.8, 4) is 0 Å². The molecule has 0 fully saturated rings. The van der Waals surface area contributed by atoms with Crippen molar-refractivity contribution in [1.29, 1.82) is 0 Å². The summed E-state index contributed by atoms with van der Waals surface area (Å²) in [5.41, 5.74) is 11.0. The van der Waals surface area contributed by atoms with Crippen LogP contribution in [0.25, 0.3) is 0 Å². The van der Waals surface area contributed by atoms with Crippen LogP contribution in [0.5, 0.6) is 0 Å². The molecular weight excluding hydrogens is 170 g/mol. The number of hydrogen-bond donors (Lipinski definition) is 1. The first-order valence-electron chi connectivity index (χ1n) is 5.33. The topological polar surface area (TPSA) is 26.0 Å². The van der Waals surface area contributed by atoms with Crippen molar-refractivity contribution in [3.05, 3.63) is 28.8 Å². The lowest BCUT2D eigenvalue weighted by Gasteiger charge is -2.17. The minimum absolute atomic E-state index is 0.507. The lowest BCUT2D eigenvalue weighted by molar-refractivity contribution is 0.837. The van der Waals surface area contributed by atoms with Gasteiger partial charge in [-0.25, -0.2) is 0 Å². The third-order valence-corrected chi connectivity index (χ3v) is 2.63. The molecule has 1 aromatic carbocycles. The van der Waals surface area contributed by atoms with Gasteiger partial charge in [-0.05, 0) is 29.9 Å². The third-order valence-electron chi connectivity index (χ3n) is 2.63. The van der Waals surface area contributed by atoms with Crippen LogP contribution in [0.2, 0.25) is 0 Å². The third kappa shape index (κ3) is 2.09. The predicted octanol–water partition coefficient (Wildman–Crippen LogP) is 3.82. The molecule has 1 aromatic rings. The summed E-state index contributed by atoms with van der Waals surface area (Å²) in [6, 6.07) is 4.40. The summed E-state index contributed by atoms with van der Waals surface area (Å²) in [5.74, 6) is 1.01. The second-order valence-electron chi connectivity index (χ2n) is 4.67. The molecule has 78 valence electrons. The largest absolute Gasteiger partial charge is 0.398 e. The van der Waals surface area contributed by atoms with E-state index >= 15 is 0 Å². The van der Waals surface area contributed by atoms with Gasteiger partial charge in [0.2, 0.25) is 0 Å². The van der Waals surface area contributed by atoms with Gasteiger partial charge in [0.15, 0.2) is 0 Å². The highest BCUT2D eigenvalue weighted by atomic mass is 14.6. The molecule has 0 spiro atoms. The van der Waals surface area contributed by atoms with E-state index in [-0.39, 0.29) is 0 Å². The van der Waals surface area contributed by atoms with Gasteiger partial charge >= 0.3 is 0 Å². The first-order chi connectivity index (χ1) is 6.43. The number of hydrogen-bond acceptors (Lipinski definition) is 1. The van der Waals surface area contributed by atoms with E-state index in [2.05, 4.69) is 46.8 Å². The van der Waals surface area contributed by atoms with E-state index < -0.39 is 0 Å². The Morgan fingerprint density at radius 3 is 1.57 bits per heavy atom. The van der Waals surface area contributed by atoms with E-state index in [0.717, 1.165) is 5.69 Å². The zero-order chi connectivity index (χ0) is 10.9. The van der Waals surface area contributed by atoms with E-state index in [9.17, 15) is 0 Å². The van der Waals surface area contributed by atoms with Gasteiger partial charge in [0.25, 0.3) is 0 Å². The fourth-order valence-electron chi connectivity index (χ4n) is 1.81. The predicted molar refractivity (Wildman–Crippen MR) is 63.8 cm³/mol. The smallest absolute Gasteiger partial charge is 0.0384 e. The Morgan fingerprint density at radius 1 is 0.929 bits per heavy atom. The van der Waals surface area contributed by atoms with Crippen LogP contribution in [0, 0.1) is 6.92 Å². The Hall–Kier alpha value is -0.980. The second-order valence-corrected chi connectivity index (χ2v) is 4.67. The lowest BCUT2D eigenvalue weighted by atomic mass is 9.91. The van der Waals surface area contributed by atoms with Gasteiger partial charge in [0, 0.05) is 5.69 Å². The molecule has 0 aromatic heterocycles. The number of nitrogens with two attached hydrogens (primary N) is 1. The van der Waals surface area contributed by atoms with Crippen LogP contribution in [0.1, 0.15) is 56.2 Å². The van der Waals surface area contributed by atoms with E-state index in [1.807, 2.05) is 0 Å². The van der Waals surface area contributed by atoms with Crippen LogP contribution in [0.15, 0.2) is 12.1 Å². The summed E-state index contributed by atoms with van der Waals surface area (Å²) >= 11 is 0. The molecule has 1 rings (SSSR count). The molecule has 0 bridgehead atoms. The number of aryl methyl sites for hydroxylation is 1. The molecule has 0 unspecified atom stereocenters. The maximum absolute atomic E-state index is 6.15. The average Bonchev–Trinajstić information content (AvgIpc) is 2.07. The van der Waals surface area contributed by atoms with Crippen molar-refractivity contribution in [3.63, 3.8) is 0 Å². The zero-order valence-electron chi connectivity index (χ0n) is 9.89. The van der Waals surface area contributed by atoms with E-state index in [1.165, 1.54) is 16.7 Å². The quantitative estimate of drug-likeness (QED) is 0.706. The molecule has 0 saturated heterocycles. The highest BCUT2D eigenvalue weighted by Crippen LogP contribution is 2.31. The summed E-state index contributed by atoms with van der Waals surface area (Å²) < 4.78 is 0. The fraction of sp³-hybridized carbons (Fsp3) is 0.538. The van der Waals surface area contributed by atoms with Gasteiger partial charge in [-0.1, -0.05) is 45.4 Å². The van der Waals surface area contributed by atoms with E-state index in [1.54, 1.807) is 0 Å². The molecule has 1 heteroatoms. The number of rotatable bonds is 2. The van der Waals surface area contributed by atoms with E-state index in [0.29, 0.717) is 11.8 Å². The minimum atomic E-state index is 0.507. The van der Waals surface area contributed by atoms with Crippen LogP contribution in [-0.4, -0.2) is 0 Å². The summed E-state index contributed by atoms with van der Waals surface area (Å²) in [6.07, 6.45) is 0. The van der Waals surface area contributed by atoms with Crippen molar-refractivity contribution >= 4 is 5.69 Å².